The number of piperazine rings is 1. The van der Waals surface area contributed by atoms with Crippen molar-refractivity contribution < 1.29 is 4.79 Å². The molecule has 1 aromatic heterocycles. The highest BCUT2D eigenvalue weighted by atomic mass is 16.2. The van der Waals surface area contributed by atoms with E-state index in [9.17, 15) is 4.79 Å². The maximum Gasteiger partial charge on any atom is 0.234 e. The van der Waals surface area contributed by atoms with Gasteiger partial charge in [-0.15, -0.1) is 0 Å². The molecule has 0 spiro atoms. The molecule has 1 aromatic carbocycles. The molecule has 0 radical (unpaired) electrons. The molecule has 0 aliphatic carbocycles. The maximum atomic E-state index is 12.6. The second-order valence-electron chi connectivity index (χ2n) is 7.47. The molecule has 3 rings (SSSR count). The van der Waals surface area contributed by atoms with E-state index < -0.39 is 0 Å². The Morgan fingerprint density at radius 2 is 1.70 bits per heavy atom. The third-order valence-corrected chi connectivity index (χ3v) is 4.82. The molecule has 2 aromatic rings. The van der Waals surface area contributed by atoms with E-state index in [-0.39, 0.29) is 11.9 Å². The van der Waals surface area contributed by atoms with Crippen molar-refractivity contribution in [3.8, 4) is 0 Å². The lowest BCUT2D eigenvalue weighted by Crippen LogP contribution is -2.50. The average Bonchev–Trinajstić information content (AvgIpc) is 2.69. The summed E-state index contributed by atoms with van der Waals surface area (Å²) >= 11 is 0. The van der Waals surface area contributed by atoms with Crippen LogP contribution in [0.25, 0.3) is 0 Å². The van der Waals surface area contributed by atoms with Gasteiger partial charge in [0.05, 0.1) is 12.6 Å². The van der Waals surface area contributed by atoms with Crippen LogP contribution in [0.15, 0.2) is 48.8 Å². The molecule has 27 heavy (non-hydrogen) atoms. The quantitative estimate of drug-likeness (QED) is 0.815. The highest BCUT2D eigenvalue weighted by molar-refractivity contribution is 5.78. The van der Waals surface area contributed by atoms with Crippen molar-refractivity contribution in [2.75, 3.05) is 37.6 Å². The first-order valence-corrected chi connectivity index (χ1v) is 9.70. The van der Waals surface area contributed by atoms with Crippen LogP contribution in [0.3, 0.4) is 0 Å². The number of hydrogen-bond acceptors (Lipinski definition) is 5. The number of benzene rings is 1. The van der Waals surface area contributed by atoms with E-state index in [2.05, 4.69) is 51.1 Å². The van der Waals surface area contributed by atoms with Gasteiger partial charge in [-0.1, -0.05) is 44.2 Å². The molecule has 6 heteroatoms. The van der Waals surface area contributed by atoms with Crippen LogP contribution < -0.4 is 10.2 Å². The summed E-state index contributed by atoms with van der Waals surface area (Å²) < 4.78 is 0. The number of aromatic nitrogens is 2. The van der Waals surface area contributed by atoms with Crippen molar-refractivity contribution in [3.05, 3.63) is 54.4 Å². The highest BCUT2D eigenvalue weighted by Crippen LogP contribution is 2.21. The van der Waals surface area contributed by atoms with Crippen molar-refractivity contribution in [1.29, 1.82) is 0 Å². The van der Waals surface area contributed by atoms with Gasteiger partial charge in [0.15, 0.2) is 0 Å². The van der Waals surface area contributed by atoms with Crippen LogP contribution in [0.5, 0.6) is 0 Å². The number of anilines is 1. The van der Waals surface area contributed by atoms with Gasteiger partial charge in [0.25, 0.3) is 0 Å². The lowest BCUT2D eigenvalue weighted by molar-refractivity contribution is -0.123. The fourth-order valence-electron chi connectivity index (χ4n) is 3.44. The topological polar surface area (TPSA) is 61.4 Å². The molecule has 1 amide bonds. The van der Waals surface area contributed by atoms with Crippen molar-refractivity contribution in [2.24, 2.45) is 5.92 Å². The van der Waals surface area contributed by atoms with Gasteiger partial charge in [0, 0.05) is 38.6 Å². The smallest absolute Gasteiger partial charge is 0.234 e. The molecular weight excluding hydrogens is 338 g/mol. The zero-order chi connectivity index (χ0) is 19.1. The van der Waals surface area contributed by atoms with Gasteiger partial charge in [-0.25, -0.2) is 9.97 Å². The minimum absolute atomic E-state index is 0.0673. The summed E-state index contributed by atoms with van der Waals surface area (Å²) in [5.41, 5.74) is 1.17. The molecule has 1 aliphatic rings. The Kier molecular flexibility index (Phi) is 6.76. The first kappa shape index (κ1) is 19.3. The first-order valence-electron chi connectivity index (χ1n) is 9.70. The van der Waals surface area contributed by atoms with Crippen molar-refractivity contribution in [1.82, 2.24) is 20.2 Å². The van der Waals surface area contributed by atoms with Gasteiger partial charge in [0.2, 0.25) is 11.9 Å². The molecule has 1 fully saturated rings. The van der Waals surface area contributed by atoms with Crippen LogP contribution in [0.2, 0.25) is 0 Å². The van der Waals surface area contributed by atoms with E-state index in [0.717, 1.165) is 38.5 Å². The second-order valence-corrected chi connectivity index (χ2v) is 7.47. The molecule has 1 aliphatic heterocycles. The van der Waals surface area contributed by atoms with Crippen LogP contribution in [-0.4, -0.2) is 53.5 Å². The van der Waals surface area contributed by atoms with Crippen molar-refractivity contribution in [2.45, 2.75) is 26.3 Å². The third kappa shape index (κ3) is 5.76. The summed E-state index contributed by atoms with van der Waals surface area (Å²) in [4.78, 5) is 25.6. The molecule has 6 nitrogen and oxygen atoms in total. The number of carbonyl (C=O) groups is 1. The number of carbonyl (C=O) groups excluding carboxylic acids is 1. The number of hydrogen-bond donors (Lipinski definition) is 1. The minimum Gasteiger partial charge on any atom is -0.348 e. The van der Waals surface area contributed by atoms with E-state index in [1.165, 1.54) is 5.56 Å². The van der Waals surface area contributed by atoms with Gasteiger partial charge in [0.1, 0.15) is 0 Å². The Balaban J connectivity index is 1.51. The SMILES string of the molecule is CC(C)C[C@@H](NC(=O)CN1CCN(c2ncccn2)CC1)c1ccccc1. The normalized spacial score (nSPS) is 16.3. The molecule has 1 N–H and O–H groups in total. The summed E-state index contributed by atoms with van der Waals surface area (Å²) in [5, 5.41) is 3.24. The van der Waals surface area contributed by atoms with Crippen LogP contribution >= 0.6 is 0 Å². The Labute approximate surface area is 161 Å². The summed E-state index contributed by atoms with van der Waals surface area (Å²) in [5.74, 6) is 1.38. The zero-order valence-corrected chi connectivity index (χ0v) is 16.2. The molecule has 144 valence electrons. The van der Waals surface area contributed by atoms with E-state index in [4.69, 9.17) is 0 Å². The van der Waals surface area contributed by atoms with Crippen LogP contribution in [-0.2, 0) is 4.79 Å². The fraction of sp³-hybridized carbons (Fsp3) is 0.476. The monoisotopic (exact) mass is 367 g/mol. The molecule has 0 bridgehead atoms. The van der Waals surface area contributed by atoms with Crippen molar-refractivity contribution in [3.63, 3.8) is 0 Å². The standard InChI is InChI=1S/C21H29N5O/c1-17(2)15-19(18-7-4-3-5-8-18)24-20(27)16-25-11-13-26(14-12-25)21-22-9-6-10-23-21/h3-10,17,19H,11-16H2,1-2H3,(H,24,27)/t19-/m1/s1. The zero-order valence-electron chi connectivity index (χ0n) is 16.2. The largest absolute Gasteiger partial charge is 0.348 e. The Morgan fingerprint density at radius 3 is 2.33 bits per heavy atom. The number of rotatable bonds is 7. The summed E-state index contributed by atoms with van der Waals surface area (Å²) in [7, 11) is 0. The predicted molar refractivity (Wildman–Crippen MR) is 107 cm³/mol. The van der Waals surface area contributed by atoms with E-state index >= 15 is 0 Å². The van der Waals surface area contributed by atoms with Gasteiger partial charge >= 0.3 is 0 Å². The molecular formula is C21H29N5O. The first-order chi connectivity index (χ1) is 13.1. The second kappa shape index (κ2) is 9.46. The van der Waals surface area contributed by atoms with Crippen LogP contribution in [0.1, 0.15) is 31.9 Å². The predicted octanol–water partition coefficient (Wildman–Crippen LogP) is 2.50. The summed E-state index contributed by atoms with van der Waals surface area (Å²) in [6, 6.07) is 12.1. The van der Waals surface area contributed by atoms with E-state index in [1.54, 1.807) is 12.4 Å². The summed E-state index contributed by atoms with van der Waals surface area (Å²) in [6.07, 6.45) is 4.47. The lowest BCUT2D eigenvalue weighted by atomic mass is 9.97. The molecule has 1 atom stereocenters. The van der Waals surface area contributed by atoms with Crippen LogP contribution in [0.4, 0.5) is 5.95 Å². The Hall–Kier alpha value is -2.47. The number of nitrogens with zero attached hydrogens (tertiary/aromatic N) is 4. The molecule has 0 saturated carbocycles. The van der Waals surface area contributed by atoms with E-state index in [1.807, 2.05) is 24.3 Å². The van der Waals surface area contributed by atoms with Gasteiger partial charge in [-0.2, -0.15) is 0 Å². The number of nitrogens with one attached hydrogen (secondary N) is 1. The minimum atomic E-state index is 0.0673. The summed E-state index contributed by atoms with van der Waals surface area (Å²) in [6.45, 7) is 8.17. The lowest BCUT2D eigenvalue weighted by Gasteiger charge is -2.34. The number of amides is 1. The van der Waals surface area contributed by atoms with Gasteiger partial charge in [-0.3, -0.25) is 9.69 Å². The fourth-order valence-corrected chi connectivity index (χ4v) is 3.44. The third-order valence-electron chi connectivity index (χ3n) is 4.82. The Morgan fingerprint density at radius 1 is 1.04 bits per heavy atom. The molecule has 1 saturated heterocycles. The average molecular weight is 367 g/mol. The van der Waals surface area contributed by atoms with Crippen LogP contribution in [0, 0.1) is 5.92 Å². The van der Waals surface area contributed by atoms with Crippen molar-refractivity contribution >= 4 is 11.9 Å². The Bertz CT molecular complexity index is 699. The van der Waals surface area contributed by atoms with Gasteiger partial charge < -0.3 is 10.2 Å². The maximum absolute atomic E-state index is 12.6. The highest BCUT2D eigenvalue weighted by Gasteiger charge is 2.22. The van der Waals surface area contributed by atoms with E-state index in [0.29, 0.717) is 12.5 Å². The molecule has 0 unspecified atom stereocenters. The van der Waals surface area contributed by atoms with Gasteiger partial charge in [-0.05, 0) is 24.0 Å². The molecule has 2 heterocycles.